The Kier molecular flexibility index (Phi) is 6.85. The molecule has 0 atom stereocenters. The highest BCUT2D eigenvalue weighted by Crippen LogP contribution is 1.71. The number of allylic oxidation sites excluding steroid dienone is 1. The molecule has 1 heterocycles. The van der Waals surface area contributed by atoms with Crippen molar-refractivity contribution in [3.8, 4) is 0 Å². The molecule has 0 unspecified atom stereocenters. The van der Waals surface area contributed by atoms with E-state index in [-0.39, 0.29) is 0 Å². The summed E-state index contributed by atoms with van der Waals surface area (Å²) in [6.07, 6.45) is 7.26. The van der Waals surface area contributed by atoms with Gasteiger partial charge in [-0.1, -0.05) is 41.3 Å². The quantitative estimate of drug-likeness (QED) is 0.565. The number of alkyl halides is 1. The molecule has 12 heavy (non-hydrogen) atoms. The van der Waals surface area contributed by atoms with Crippen LogP contribution in [0.1, 0.15) is 6.92 Å². The smallest absolute Gasteiger partial charge is 0.129 e. The van der Waals surface area contributed by atoms with Crippen LogP contribution < -0.4 is 10.6 Å². The fraction of sp³-hybridized carbons (Fsp3) is 0.200. The van der Waals surface area contributed by atoms with Crippen molar-refractivity contribution in [3.63, 3.8) is 0 Å². The summed E-state index contributed by atoms with van der Waals surface area (Å²) in [6.45, 7) is 5.54. The Hall–Kier alpha value is -0.510. The van der Waals surface area contributed by atoms with Gasteiger partial charge in [0.05, 0.1) is 6.26 Å². The van der Waals surface area contributed by atoms with E-state index in [1.807, 2.05) is 30.1 Å². The minimum Gasteiger partial charge on any atom is -0.465 e. The van der Waals surface area contributed by atoms with E-state index in [0.717, 1.165) is 10.6 Å². The van der Waals surface area contributed by atoms with E-state index in [2.05, 4.69) is 29.2 Å². The Morgan fingerprint density at radius 2 is 2.17 bits per heavy atom. The molecule has 0 saturated heterocycles. The lowest BCUT2D eigenvalue weighted by molar-refractivity contribution is 0.530. The van der Waals surface area contributed by atoms with Crippen molar-refractivity contribution < 1.29 is 4.42 Å². The van der Waals surface area contributed by atoms with Gasteiger partial charge in [-0.2, -0.15) is 0 Å². The average Bonchev–Trinajstić information content (AvgIpc) is 2.56. The molecule has 0 N–H and O–H groups in total. The third-order valence-electron chi connectivity index (χ3n) is 1.29. The zero-order valence-electron chi connectivity index (χ0n) is 7.38. The molecule has 0 fully saturated rings. The van der Waals surface area contributed by atoms with Crippen molar-refractivity contribution in [1.29, 1.82) is 0 Å². The highest BCUT2D eigenvalue weighted by molar-refractivity contribution is 14.1. The Balaban J connectivity index is 0.000000561. The maximum Gasteiger partial charge on any atom is 0.129 e. The summed E-state index contributed by atoms with van der Waals surface area (Å²) >= 11 is 2.15. The van der Waals surface area contributed by atoms with Crippen LogP contribution in [0.15, 0.2) is 29.4 Å². The van der Waals surface area contributed by atoms with Crippen LogP contribution in [0.5, 0.6) is 0 Å². The Bertz CT molecular complexity index is 322. The van der Waals surface area contributed by atoms with Crippen LogP contribution in [-0.2, 0) is 0 Å². The van der Waals surface area contributed by atoms with Crippen LogP contribution in [0.2, 0.25) is 0 Å². The van der Waals surface area contributed by atoms with Gasteiger partial charge in [-0.3, -0.25) is 0 Å². The first-order valence-corrected chi connectivity index (χ1v) is 5.74. The van der Waals surface area contributed by atoms with Gasteiger partial charge in [0.2, 0.25) is 0 Å². The van der Waals surface area contributed by atoms with E-state index in [9.17, 15) is 0 Å². The molecule has 0 bridgehead atoms. The normalized spacial score (nSPS) is 12.2. The van der Waals surface area contributed by atoms with Crippen molar-refractivity contribution in [2.75, 3.05) is 4.93 Å². The zero-order valence-corrected chi connectivity index (χ0v) is 9.54. The van der Waals surface area contributed by atoms with Gasteiger partial charge < -0.3 is 4.42 Å². The maximum absolute atomic E-state index is 5.13. The Morgan fingerprint density at radius 3 is 2.67 bits per heavy atom. The summed E-state index contributed by atoms with van der Waals surface area (Å²) in [6, 6.07) is 1.91. The van der Waals surface area contributed by atoms with Crippen molar-refractivity contribution >= 4 is 34.7 Å². The summed E-state index contributed by atoms with van der Waals surface area (Å²) < 4.78 is 5.13. The number of hydrogen-bond acceptors (Lipinski definition) is 1. The highest BCUT2D eigenvalue weighted by Gasteiger charge is 1.82. The van der Waals surface area contributed by atoms with Crippen LogP contribution in [0.3, 0.4) is 0 Å². The molecule has 0 aliphatic rings. The molecule has 0 aliphatic carbocycles. The lowest BCUT2D eigenvalue weighted by atomic mass is 10.4. The lowest BCUT2D eigenvalue weighted by Gasteiger charge is -1.72. The molecule has 1 aromatic heterocycles. The predicted octanol–water partition coefficient (Wildman–Crippen LogP) is 2.10. The van der Waals surface area contributed by atoms with E-state index >= 15 is 0 Å². The maximum atomic E-state index is 5.13. The van der Waals surface area contributed by atoms with Crippen molar-refractivity contribution in [2.24, 2.45) is 0 Å². The molecule has 0 radical (unpaired) electrons. The molecule has 0 spiro atoms. The Morgan fingerprint density at radius 1 is 1.50 bits per heavy atom. The molecule has 0 aromatic carbocycles. The van der Waals surface area contributed by atoms with Gasteiger partial charge in [-0.15, -0.1) is 0 Å². The predicted molar refractivity (Wildman–Crippen MR) is 62.7 cm³/mol. The fourth-order valence-corrected chi connectivity index (χ4v) is 0.830. The standard InChI is InChI=1S/C9H10O.CH3I/c1-3-5-8-6-7-10-9(8)4-2;1-2/h3-7H,1H2,2H3;1H3/b8-5-,9-4+;. The second kappa shape index (κ2) is 7.16. The Labute approximate surface area is 86.6 Å². The minimum absolute atomic E-state index is 0.903. The average molecular weight is 276 g/mol. The summed E-state index contributed by atoms with van der Waals surface area (Å²) in [4.78, 5) is 1.97. The molecule has 0 amide bonds. The third kappa shape index (κ3) is 3.26. The third-order valence-corrected chi connectivity index (χ3v) is 1.29. The first-order chi connectivity index (χ1) is 5.88. The number of hydrogen-bond donors (Lipinski definition) is 0. The van der Waals surface area contributed by atoms with E-state index < -0.39 is 0 Å². The van der Waals surface area contributed by atoms with Gasteiger partial charge in [0.15, 0.2) is 0 Å². The van der Waals surface area contributed by atoms with Crippen molar-refractivity contribution in [1.82, 2.24) is 0 Å². The van der Waals surface area contributed by atoms with Gasteiger partial charge >= 0.3 is 0 Å². The number of furan rings is 1. The van der Waals surface area contributed by atoms with E-state index in [1.165, 1.54) is 0 Å². The first kappa shape index (κ1) is 11.5. The molecule has 1 nitrogen and oxygen atoms in total. The minimum atomic E-state index is 0.903. The van der Waals surface area contributed by atoms with Gasteiger partial charge in [0.1, 0.15) is 5.42 Å². The lowest BCUT2D eigenvalue weighted by Crippen LogP contribution is -2.17. The van der Waals surface area contributed by atoms with Crippen LogP contribution >= 0.6 is 22.6 Å². The fourth-order valence-electron chi connectivity index (χ4n) is 0.830. The molecule has 1 aromatic rings. The van der Waals surface area contributed by atoms with Crippen LogP contribution in [0, 0.1) is 0 Å². The van der Waals surface area contributed by atoms with Crippen molar-refractivity contribution in [3.05, 3.63) is 35.6 Å². The number of halogens is 1. The largest absolute Gasteiger partial charge is 0.465 e. The summed E-state index contributed by atoms with van der Waals surface area (Å²) in [5, 5.41) is 1.08. The second-order valence-electron chi connectivity index (χ2n) is 1.93. The van der Waals surface area contributed by atoms with Crippen LogP contribution in [-0.4, -0.2) is 4.93 Å². The SMILES string of the molecule is C=C/C=c1/cco/c1=C/C.CI. The van der Waals surface area contributed by atoms with Crippen LogP contribution in [0.25, 0.3) is 12.2 Å². The topological polar surface area (TPSA) is 13.1 Å². The first-order valence-electron chi connectivity index (χ1n) is 3.59. The van der Waals surface area contributed by atoms with E-state index in [4.69, 9.17) is 4.42 Å². The number of rotatable bonds is 1. The molecule has 2 heteroatoms. The monoisotopic (exact) mass is 276 g/mol. The molecular weight excluding hydrogens is 263 g/mol. The van der Waals surface area contributed by atoms with Crippen molar-refractivity contribution in [2.45, 2.75) is 6.92 Å². The van der Waals surface area contributed by atoms with E-state index in [0.29, 0.717) is 0 Å². The molecule has 0 saturated carbocycles. The summed E-state index contributed by atoms with van der Waals surface area (Å²) in [5.74, 6) is 0. The molecular formula is C10H13IO. The van der Waals surface area contributed by atoms with Gasteiger partial charge in [0, 0.05) is 5.22 Å². The zero-order chi connectivity index (χ0) is 9.40. The molecule has 0 aliphatic heterocycles. The van der Waals surface area contributed by atoms with Gasteiger partial charge in [-0.25, -0.2) is 0 Å². The summed E-state index contributed by atoms with van der Waals surface area (Å²) in [5.41, 5.74) is 0.903. The van der Waals surface area contributed by atoms with Gasteiger partial charge in [-0.05, 0) is 24.0 Å². The van der Waals surface area contributed by atoms with E-state index in [1.54, 1.807) is 12.3 Å². The van der Waals surface area contributed by atoms with Gasteiger partial charge in [0.25, 0.3) is 0 Å². The molecule has 1 rings (SSSR count). The van der Waals surface area contributed by atoms with Crippen LogP contribution in [0.4, 0.5) is 0 Å². The summed E-state index contributed by atoms with van der Waals surface area (Å²) in [7, 11) is 0. The highest BCUT2D eigenvalue weighted by atomic mass is 127. The molecule has 66 valence electrons. The second-order valence-corrected chi connectivity index (χ2v) is 1.93.